The normalized spacial score (nSPS) is 11.8. The minimum absolute atomic E-state index is 0.586. The van der Waals surface area contributed by atoms with Crippen LogP contribution in [0.25, 0.3) is 16.5 Å². The molecule has 0 N–H and O–H groups in total. The Morgan fingerprint density at radius 2 is 2.05 bits per heavy atom. The number of rotatable bonds is 3. The second-order valence-electron chi connectivity index (χ2n) is 5.08. The summed E-state index contributed by atoms with van der Waals surface area (Å²) >= 11 is 1.54. The Labute approximate surface area is 115 Å². The number of fused-ring (bicyclic) bond motifs is 1. The fourth-order valence-corrected chi connectivity index (χ4v) is 2.81. The van der Waals surface area contributed by atoms with E-state index in [0.717, 1.165) is 33.6 Å². The van der Waals surface area contributed by atoms with Crippen molar-refractivity contribution in [1.29, 1.82) is 0 Å². The summed E-state index contributed by atoms with van der Waals surface area (Å²) in [6, 6.07) is 2.07. The van der Waals surface area contributed by atoms with Crippen LogP contribution in [-0.2, 0) is 13.5 Å². The average molecular weight is 276 g/mol. The molecule has 3 rings (SSSR count). The fraction of sp³-hybridized carbons (Fsp3) is 0.500. The van der Waals surface area contributed by atoms with Crippen LogP contribution in [0.4, 0.5) is 0 Å². The summed E-state index contributed by atoms with van der Waals surface area (Å²) in [5.74, 6) is 1.34. The third-order valence-corrected chi connectivity index (χ3v) is 3.68. The minimum atomic E-state index is 0.586. The maximum absolute atomic E-state index is 4.53. The second kappa shape index (κ2) is 4.41. The summed E-state index contributed by atoms with van der Waals surface area (Å²) in [5.41, 5.74) is 2.03. The Morgan fingerprint density at radius 1 is 1.26 bits per heavy atom. The van der Waals surface area contributed by atoms with Gasteiger partial charge in [0.25, 0.3) is 0 Å². The molecule has 0 radical (unpaired) electrons. The summed E-state index contributed by atoms with van der Waals surface area (Å²) in [6.07, 6.45) is 0.964. The smallest absolute Gasteiger partial charge is 0.235 e. The third kappa shape index (κ3) is 2.14. The Hall–Kier alpha value is -1.76. The molecule has 0 spiro atoms. The van der Waals surface area contributed by atoms with Gasteiger partial charge >= 0.3 is 0 Å². The van der Waals surface area contributed by atoms with Crippen LogP contribution in [0.1, 0.15) is 24.5 Å². The summed E-state index contributed by atoms with van der Waals surface area (Å²) in [6.45, 7) is 6.34. The topological polar surface area (TPSA) is 60.9 Å². The molecule has 0 aliphatic rings. The van der Waals surface area contributed by atoms with Gasteiger partial charge in [0.2, 0.25) is 10.8 Å². The zero-order chi connectivity index (χ0) is 13.6. The van der Waals surface area contributed by atoms with Crippen molar-refractivity contribution in [2.75, 3.05) is 0 Å². The molecular weight excluding hydrogens is 260 g/mol. The van der Waals surface area contributed by atoms with Crippen LogP contribution < -0.4 is 0 Å². The summed E-state index contributed by atoms with van der Waals surface area (Å²) in [7, 11) is 1.93. The second-order valence-corrected chi connectivity index (χ2v) is 6.24. The molecule has 3 aromatic heterocycles. The zero-order valence-electron chi connectivity index (χ0n) is 11.5. The highest BCUT2D eigenvalue weighted by Crippen LogP contribution is 2.22. The largest absolute Gasteiger partial charge is 0.264 e. The first-order valence-electron chi connectivity index (χ1n) is 6.26. The van der Waals surface area contributed by atoms with Crippen LogP contribution in [0, 0.1) is 12.8 Å². The van der Waals surface area contributed by atoms with E-state index >= 15 is 0 Å². The SMILES string of the molecule is Cc1nn2c(-c3cc(CC(C)C)nn3C)nnc2s1. The molecular formula is C12H16N6S. The van der Waals surface area contributed by atoms with E-state index < -0.39 is 0 Å². The van der Waals surface area contributed by atoms with Gasteiger partial charge in [0.1, 0.15) is 10.7 Å². The lowest BCUT2D eigenvalue weighted by Gasteiger charge is -1.98. The quantitative estimate of drug-likeness (QED) is 0.735. The minimum Gasteiger partial charge on any atom is -0.264 e. The zero-order valence-corrected chi connectivity index (χ0v) is 12.3. The highest BCUT2D eigenvalue weighted by molar-refractivity contribution is 7.16. The molecule has 0 aliphatic heterocycles. The molecule has 3 aromatic rings. The molecule has 0 bridgehead atoms. The van der Waals surface area contributed by atoms with Gasteiger partial charge in [-0.05, 0) is 25.3 Å². The van der Waals surface area contributed by atoms with E-state index in [2.05, 4.69) is 40.3 Å². The molecule has 0 aliphatic carbocycles. The molecule has 0 saturated carbocycles. The Balaban J connectivity index is 2.08. The first-order valence-corrected chi connectivity index (χ1v) is 7.08. The molecule has 0 aromatic carbocycles. The van der Waals surface area contributed by atoms with Crippen molar-refractivity contribution in [1.82, 2.24) is 29.6 Å². The predicted octanol–water partition coefficient (Wildman–Crippen LogP) is 2.09. The first-order chi connectivity index (χ1) is 9.04. The molecule has 0 atom stereocenters. The van der Waals surface area contributed by atoms with Crippen molar-refractivity contribution < 1.29 is 0 Å². The van der Waals surface area contributed by atoms with Gasteiger partial charge in [-0.2, -0.15) is 14.7 Å². The van der Waals surface area contributed by atoms with Gasteiger partial charge in [-0.1, -0.05) is 25.2 Å². The van der Waals surface area contributed by atoms with Gasteiger partial charge in [0.15, 0.2) is 0 Å². The Morgan fingerprint density at radius 3 is 2.79 bits per heavy atom. The lowest BCUT2D eigenvalue weighted by atomic mass is 10.1. The van der Waals surface area contributed by atoms with E-state index in [1.807, 2.05) is 18.7 Å². The molecule has 100 valence electrons. The van der Waals surface area contributed by atoms with E-state index in [0.29, 0.717) is 5.92 Å². The van der Waals surface area contributed by atoms with E-state index in [4.69, 9.17) is 0 Å². The van der Waals surface area contributed by atoms with E-state index in [1.54, 1.807) is 4.52 Å². The maximum Gasteiger partial charge on any atom is 0.235 e. The first kappa shape index (κ1) is 12.3. The van der Waals surface area contributed by atoms with Gasteiger partial charge < -0.3 is 0 Å². The van der Waals surface area contributed by atoms with Crippen molar-refractivity contribution in [3.05, 3.63) is 16.8 Å². The van der Waals surface area contributed by atoms with Crippen LogP contribution in [0.5, 0.6) is 0 Å². The standard InChI is InChI=1S/C12H16N6S/c1-7(2)5-9-6-10(17(4)16-9)11-13-14-12-18(11)15-8(3)19-12/h6-7H,5H2,1-4H3. The number of nitrogens with zero attached hydrogens (tertiary/aromatic N) is 6. The number of hydrogen-bond donors (Lipinski definition) is 0. The van der Waals surface area contributed by atoms with Crippen molar-refractivity contribution >= 4 is 16.3 Å². The van der Waals surface area contributed by atoms with Crippen LogP contribution >= 0.6 is 11.3 Å². The predicted molar refractivity (Wildman–Crippen MR) is 74.1 cm³/mol. The van der Waals surface area contributed by atoms with Crippen LogP contribution in [0.3, 0.4) is 0 Å². The Kier molecular flexibility index (Phi) is 2.85. The number of aromatic nitrogens is 6. The van der Waals surface area contributed by atoms with Gasteiger partial charge in [0.05, 0.1) is 5.69 Å². The highest BCUT2D eigenvalue weighted by Gasteiger charge is 2.16. The summed E-state index contributed by atoms with van der Waals surface area (Å²) in [5, 5.41) is 18.3. The molecule has 7 heteroatoms. The van der Waals surface area contributed by atoms with Gasteiger partial charge in [0, 0.05) is 7.05 Å². The van der Waals surface area contributed by atoms with Crippen molar-refractivity contribution in [2.45, 2.75) is 27.2 Å². The molecule has 0 fully saturated rings. The molecule has 3 heterocycles. The molecule has 0 amide bonds. The molecule has 0 saturated heterocycles. The van der Waals surface area contributed by atoms with Crippen LogP contribution in [0.15, 0.2) is 6.07 Å². The number of hydrogen-bond acceptors (Lipinski definition) is 5. The Bertz CT molecular complexity index is 720. The van der Waals surface area contributed by atoms with Crippen LogP contribution in [0.2, 0.25) is 0 Å². The number of aryl methyl sites for hydroxylation is 2. The van der Waals surface area contributed by atoms with Crippen molar-refractivity contribution in [3.8, 4) is 11.5 Å². The molecule has 19 heavy (non-hydrogen) atoms. The fourth-order valence-electron chi connectivity index (χ4n) is 2.13. The lowest BCUT2D eigenvalue weighted by molar-refractivity contribution is 0.621. The molecule has 0 unspecified atom stereocenters. The third-order valence-electron chi connectivity index (χ3n) is 2.87. The van der Waals surface area contributed by atoms with Gasteiger partial charge in [-0.3, -0.25) is 4.68 Å². The molecule has 6 nitrogen and oxygen atoms in total. The maximum atomic E-state index is 4.53. The van der Waals surface area contributed by atoms with Gasteiger partial charge in [-0.25, -0.2) is 0 Å². The highest BCUT2D eigenvalue weighted by atomic mass is 32.1. The van der Waals surface area contributed by atoms with Gasteiger partial charge in [-0.15, -0.1) is 10.2 Å². The van der Waals surface area contributed by atoms with Crippen molar-refractivity contribution in [2.24, 2.45) is 13.0 Å². The van der Waals surface area contributed by atoms with E-state index in [-0.39, 0.29) is 0 Å². The van der Waals surface area contributed by atoms with E-state index in [1.165, 1.54) is 11.3 Å². The summed E-state index contributed by atoms with van der Waals surface area (Å²) in [4.78, 5) is 0.819. The summed E-state index contributed by atoms with van der Waals surface area (Å²) < 4.78 is 3.64. The monoisotopic (exact) mass is 276 g/mol. The van der Waals surface area contributed by atoms with Crippen LogP contribution in [-0.4, -0.2) is 29.6 Å². The average Bonchev–Trinajstić information content (AvgIpc) is 2.92. The van der Waals surface area contributed by atoms with Crippen molar-refractivity contribution in [3.63, 3.8) is 0 Å². The van der Waals surface area contributed by atoms with E-state index in [9.17, 15) is 0 Å². The lowest BCUT2D eigenvalue weighted by Crippen LogP contribution is -1.99.